The molecule has 0 radical (unpaired) electrons. The Morgan fingerprint density at radius 3 is 2.64 bits per heavy atom. The maximum absolute atomic E-state index is 6.87. The highest BCUT2D eigenvalue weighted by atomic mass is 35.5. The van der Waals surface area contributed by atoms with Crippen molar-refractivity contribution in [3.63, 3.8) is 0 Å². The van der Waals surface area contributed by atoms with Gasteiger partial charge in [-0.1, -0.05) is 11.6 Å². The standard InChI is InChI=1S/C22H29ClN10/c1-31-6-4-22(5-7-31)11-32(12-22)16-9-13(24)8-15(18(16)23)28-21-29-19(27-14-2-3-14)20-26-10-17(25)33(20)30-21/h8-10,14H,2-7,11-12,24-25H2,1H3,(H2,27,28,29,30). The van der Waals surface area contributed by atoms with Crippen LogP contribution in [0.4, 0.5) is 34.6 Å². The Morgan fingerprint density at radius 2 is 1.91 bits per heavy atom. The molecule has 1 aromatic carbocycles. The van der Waals surface area contributed by atoms with E-state index in [1.807, 2.05) is 12.1 Å². The summed E-state index contributed by atoms with van der Waals surface area (Å²) in [6, 6.07) is 4.18. The monoisotopic (exact) mass is 468 g/mol. The smallest absolute Gasteiger partial charge is 0.247 e. The van der Waals surface area contributed by atoms with Crippen LogP contribution in [0, 0.1) is 5.41 Å². The number of anilines is 6. The van der Waals surface area contributed by atoms with E-state index in [0.29, 0.717) is 51.1 Å². The summed E-state index contributed by atoms with van der Waals surface area (Å²) in [5.74, 6) is 1.47. The van der Waals surface area contributed by atoms with Crippen molar-refractivity contribution in [1.29, 1.82) is 0 Å². The second-order valence-electron chi connectivity index (χ2n) is 9.81. The van der Waals surface area contributed by atoms with E-state index in [1.165, 1.54) is 12.8 Å². The van der Waals surface area contributed by atoms with Crippen LogP contribution in [0.25, 0.3) is 5.65 Å². The minimum atomic E-state index is 0.379. The number of hydrogen-bond acceptors (Lipinski definition) is 9. The molecular weight excluding hydrogens is 440 g/mol. The van der Waals surface area contributed by atoms with Crippen molar-refractivity contribution < 1.29 is 0 Å². The van der Waals surface area contributed by atoms with E-state index < -0.39 is 0 Å². The molecule has 3 fully saturated rings. The average Bonchev–Trinajstić information content (AvgIpc) is 3.50. The van der Waals surface area contributed by atoms with E-state index in [-0.39, 0.29) is 0 Å². The number of nitrogens with two attached hydrogens (primary N) is 2. The van der Waals surface area contributed by atoms with Gasteiger partial charge in [-0.15, -0.1) is 5.10 Å². The summed E-state index contributed by atoms with van der Waals surface area (Å²) in [4.78, 5) is 13.7. The molecule has 0 bridgehead atoms. The number of fused-ring (bicyclic) bond motifs is 1. The summed E-state index contributed by atoms with van der Waals surface area (Å²) >= 11 is 6.87. The maximum Gasteiger partial charge on any atom is 0.247 e. The van der Waals surface area contributed by atoms with E-state index in [4.69, 9.17) is 23.1 Å². The third-order valence-corrected chi connectivity index (χ3v) is 7.47. The van der Waals surface area contributed by atoms with Crippen LogP contribution >= 0.6 is 11.6 Å². The molecule has 0 atom stereocenters. The van der Waals surface area contributed by atoms with Crippen LogP contribution in [0.5, 0.6) is 0 Å². The van der Waals surface area contributed by atoms with Gasteiger partial charge in [0.1, 0.15) is 5.82 Å². The zero-order chi connectivity index (χ0) is 22.7. The summed E-state index contributed by atoms with van der Waals surface area (Å²) < 4.78 is 1.58. The molecule has 6 rings (SSSR count). The van der Waals surface area contributed by atoms with E-state index in [0.717, 1.165) is 44.7 Å². The number of nitrogens with one attached hydrogen (secondary N) is 2. The first-order valence-electron chi connectivity index (χ1n) is 11.5. The van der Waals surface area contributed by atoms with Crippen LogP contribution in [-0.2, 0) is 0 Å². The van der Waals surface area contributed by atoms with E-state index in [9.17, 15) is 0 Å². The molecule has 3 aliphatic rings. The van der Waals surface area contributed by atoms with Gasteiger partial charge in [0.25, 0.3) is 0 Å². The molecule has 11 heteroatoms. The topological polar surface area (TPSA) is 126 Å². The third-order valence-electron chi connectivity index (χ3n) is 7.07. The summed E-state index contributed by atoms with van der Waals surface area (Å²) in [5.41, 5.74) is 15.6. The number of imidazole rings is 1. The Labute approximate surface area is 197 Å². The number of nitrogen functional groups attached to an aromatic ring is 2. The zero-order valence-electron chi connectivity index (χ0n) is 18.7. The number of nitrogens with zero attached hydrogens (tertiary/aromatic N) is 6. The number of benzene rings is 1. The lowest BCUT2D eigenvalue weighted by Crippen LogP contribution is -2.60. The molecule has 0 unspecified atom stereocenters. The average molecular weight is 469 g/mol. The van der Waals surface area contributed by atoms with Crippen LogP contribution in [0.3, 0.4) is 0 Å². The van der Waals surface area contributed by atoms with E-state index in [1.54, 1.807) is 10.7 Å². The van der Waals surface area contributed by atoms with E-state index >= 15 is 0 Å². The molecule has 33 heavy (non-hydrogen) atoms. The first-order valence-corrected chi connectivity index (χ1v) is 11.8. The van der Waals surface area contributed by atoms with Crippen LogP contribution in [0.2, 0.25) is 5.02 Å². The van der Waals surface area contributed by atoms with Gasteiger partial charge < -0.3 is 31.9 Å². The van der Waals surface area contributed by atoms with E-state index in [2.05, 4.69) is 42.5 Å². The summed E-state index contributed by atoms with van der Waals surface area (Å²) in [6.07, 6.45) is 6.27. The highest BCUT2D eigenvalue weighted by Gasteiger charge is 2.45. The van der Waals surface area contributed by atoms with Crippen molar-refractivity contribution in [3.05, 3.63) is 23.4 Å². The molecule has 2 aliphatic heterocycles. The Bertz CT molecular complexity index is 1200. The molecule has 0 amide bonds. The van der Waals surface area contributed by atoms with Gasteiger partial charge in [0, 0.05) is 30.2 Å². The predicted molar refractivity (Wildman–Crippen MR) is 132 cm³/mol. The second kappa shape index (κ2) is 7.53. The van der Waals surface area contributed by atoms with Gasteiger partial charge in [0.2, 0.25) is 5.95 Å². The zero-order valence-corrected chi connectivity index (χ0v) is 19.4. The Balaban J connectivity index is 1.28. The number of hydrogen-bond donors (Lipinski definition) is 4. The number of likely N-dealkylation sites (tertiary alicyclic amines) is 1. The second-order valence-corrected chi connectivity index (χ2v) is 10.2. The first-order chi connectivity index (χ1) is 15.9. The SMILES string of the molecule is CN1CCC2(CC1)CN(c1cc(N)cc(Nc3nc(NC4CC4)c4ncc(N)n4n3)c1Cl)C2. The minimum Gasteiger partial charge on any atom is -0.399 e. The van der Waals surface area contributed by atoms with Gasteiger partial charge in [-0.2, -0.15) is 9.50 Å². The summed E-state index contributed by atoms with van der Waals surface area (Å²) in [7, 11) is 2.19. The van der Waals surface area contributed by atoms with Crippen LogP contribution in [-0.4, -0.2) is 63.8 Å². The lowest BCUT2D eigenvalue weighted by atomic mass is 9.72. The number of aromatic nitrogens is 4. The van der Waals surface area contributed by atoms with Crippen molar-refractivity contribution in [2.45, 2.75) is 31.7 Å². The Kier molecular flexibility index (Phi) is 4.70. The fourth-order valence-corrected chi connectivity index (χ4v) is 5.16. The minimum absolute atomic E-state index is 0.379. The molecule has 4 heterocycles. The van der Waals surface area contributed by atoms with Crippen molar-refractivity contribution >= 4 is 51.9 Å². The fraction of sp³-hybridized carbons (Fsp3) is 0.500. The van der Waals surface area contributed by atoms with Crippen molar-refractivity contribution in [1.82, 2.24) is 24.5 Å². The molecule has 6 N–H and O–H groups in total. The summed E-state index contributed by atoms with van der Waals surface area (Å²) in [6.45, 7) is 4.32. The van der Waals surface area contributed by atoms with Gasteiger partial charge in [-0.05, 0) is 58.0 Å². The molecule has 2 aromatic heterocycles. The predicted octanol–water partition coefficient (Wildman–Crippen LogP) is 2.79. The Morgan fingerprint density at radius 1 is 1.15 bits per heavy atom. The van der Waals surface area contributed by atoms with Crippen molar-refractivity contribution in [2.75, 3.05) is 60.2 Å². The molecule has 1 saturated carbocycles. The lowest BCUT2D eigenvalue weighted by Gasteiger charge is -2.55. The van der Waals surface area contributed by atoms with Gasteiger partial charge in [0.05, 0.1) is 22.6 Å². The molecule has 174 valence electrons. The highest BCUT2D eigenvalue weighted by Crippen LogP contribution is 2.46. The lowest BCUT2D eigenvalue weighted by molar-refractivity contribution is 0.0907. The molecule has 1 aliphatic carbocycles. The quantitative estimate of drug-likeness (QED) is 0.418. The largest absolute Gasteiger partial charge is 0.399 e. The molecule has 2 saturated heterocycles. The Hall–Kier alpha value is -2.98. The molecule has 3 aromatic rings. The first kappa shape index (κ1) is 20.6. The fourth-order valence-electron chi connectivity index (χ4n) is 4.88. The highest BCUT2D eigenvalue weighted by molar-refractivity contribution is 6.36. The number of piperidine rings is 1. The third kappa shape index (κ3) is 3.76. The molecule has 1 spiro atoms. The maximum atomic E-state index is 6.87. The van der Waals surface area contributed by atoms with Gasteiger partial charge in [-0.25, -0.2) is 4.98 Å². The normalized spacial score (nSPS) is 20.2. The van der Waals surface area contributed by atoms with Gasteiger partial charge in [-0.3, -0.25) is 0 Å². The summed E-state index contributed by atoms with van der Waals surface area (Å²) in [5, 5.41) is 11.8. The van der Waals surface area contributed by atoms with Crippen molar-refractivity contribution in [2.24, 2.45) is 5.41 Å². The van der Waals surface area contributed by atoms with Crippen LogP contribution < -0.4 is 27.0 Å². The molecular formula is C22H29ClN10. The van der Waals surface area contributed by atoms with Gasteiger partial charge >= 0.3 is 0 Å². The number of rotatable bonds is 5. The van der Waals surface area contributed by atoms with Crippen molar-refractivity contribution in [3.8, 4) is 0 Å². The van der Waals surface area contributed by atoms with Gasteiger partial charge in [0.15, 0.2) is 11.5 Å². The van der Waals surface area contributed by atoms with Crippen LogP contribution in [0.15, 0.2) is 18.3 Å². The number of halogens is 1. The van der Waals surface area contributed by atoms with Crippen LogP contribution in [0.1, 0.15) is 25.7 Å². The molecule has 10 nitrogen and oxygen atoms in total.